The third kappa shape index (κ3) is 4.06. The van der Waals surface area contributed by atoms with Gasteiger partial charge in [-0.25, -0.2) is 14.5 Å². The minimum Gasteiger partial charge on any atom is -0.480 e. The van der Waals surface area contributed by atoms with E-state index in [1.54, 1.807) is 6.92 Å². The topological polar surface area (TPSA) is 106 Å². The highest BCUT2D eigenvalue weighted by Gasteiger charge is 2.66. The van der Waals surface area contributed by atoms with Crippen LogP contribution in [0.2, 0.25) is 0 Å². The molecule has 1 N–H and O–H groups in total. The average Bonchev–Trinajstić information content (AvgIpc) is 3.42. The Balaban J connectivity index is 1.45. The first kappa shape index (κ1) is 25.2. The summed E-state index contributed by atoms with van der Waals surface area (Å²) >= 11 is 0. The quantitative estimate of drug-likeness (QED) is 0.655. The van der Waals surface area contributed by atoms with E-state index in [9.17, 15) is 19.5 Å². The van der Waals surface area contributed by atoms with Gasteiger partial charge in [-0.2, -0.15) is 0 Å². The van der Waals surface area contributed by atoms with Crippen LogP contribution in [0.1, 0.15) is 51.7 Å². The molecule has 2 aromatic rings. The third-order valence-electron chi connectivity index (χ3n) is 7.29. The number of rotatable bonds is 5. The second-order valence-corrected chi connectivity index (χ2v) is 10.9. The number of aliphatic carboxylic acids is 1. The molecule has 2 amide bonds. The van der Waals surface area contributed by atoms with Crippen LogP contribution in [-0.2, 0) is 23.8 Å². The number of ether oxygens (including phenoxy) is 3. The van der Waals surface area contributed by atoms with Crippen LogP contribution in [-0.4, -0.2) is 75.7 Å². The largest absolute Gasteiger partial charge is 0.480 e. The molecule has 9 nitrogen and oxygen atoms in total. The maximum absolute atomic E-state index is 13.7. The Labute approximate surface area is 215 Å². The highest BCUT2D eigenvalue weighted by Crippen LogP contribution is 2.46. The Hall–Kier alpha value is -3.43. The molecule has 2 saturated heterocycles. The molecule has 0 spiro atoms. The van der Waals surface area contributed by atoms with E-state index in [1.165, 1.54) is 11.8 Å². The lowest BCUT2D eigenvalue weighted by molar-refractivity contribution is -0.159. The van der Waals surface area contributed by atoms with E-state index in [2.05, 4.69) is 0 Å². The number of carboxylic acids is 1. The maximum Gasteiger partial charge on any atom is 0.414 e. The molecule has 0 radical (unpaired) electrons. The number of benzene rings is 2. The van der Waals surface area contributed by atoms with Crippen molar-refractivity contribution in [1.82, 2.24) is 9.80 Å². The van der Waals surface area contributed by atoms with Crippen LogP contribution in [0.4, 0.5) is 4.79 Å². The zero-order valence-electron chi connectivity index (χ0n) is 21.6. The molecule has 2 heterocycles. The molecule has 37 heavy (non-hydrogen) atoms. The van der Waals surface area contributed by atoms with Gasteiger partial charge in [-0.05, 0) is 49.9 Å². The zero-order chi connectivity index (χ0) is 26.7. The smallest absolute Gasteiger partial charge is 0.414 e. The Morgan fingerprint density at radius 1 is 1.11 bits per heavy atom. The maximum atomic E-state index is 13.7. The molecule has 3 aliphatic rings. The molecule has 2 aromatic carbocycles. The van der Waals surface area contributed by atoms with Crippen LogP contribution in [0, 0.1) is 0 Å². The number of amides is 2. The Morgan fingerprint density at radius 2 is 1.68 bits per heavy atom. The normalized spacial score (nSPS) is 25.6. The van der Waals surface area contributed by atoms with E-state index >= 15 is 0 Å². The predicted molar refractivity (Wildman–Crippen MR) is 134 cm³/mol. The highest BCUT2D eigenvalue weighted by molar-refractivity contribution is 5.94. The fourth-order valence-electron chi connectivity index (χ4n) is 5.89. The summed E-state index contributed by atoms with van der Waals surface area (Å²) in [6, 6.07) is 13.7. The minimum absolute atomic E-state index is 0.0528. The summed E-state index contributed by atoms with van der Waals surface area (Å²) in [5, 5.41) is 9.72. The molecule has 2 aliphatic heterocycles. The minimum atomic E-state index is -1.61. The zero-order valence-corrected chi connectivity index (χ0v) is 21.6. The summed E-state index contributed by atoms with van der Waals surface area (Å²) in [6.07, 6.45) is -1.51. The van der Waals surface area contributed by atoms with Crippen LogP contribution >= 0.6 is 0 Å². The van der Waals surface area contributed by atoms with Gasteiger partial charge in [0.25, 0.3) is 5.91 Å². The molecule has 196 valence electrons. The number of nitrogens with zero attached hydrogens (tertiary/aromatic N) is 2. The fourth-order valence-corrected chi connectivity index (χ4v) is 5.89. The van der Waals surface area contributed by atoms with Crippen LogP contribution < -0.4 is 0 Å². The van der Waals surface area contributed by atoms with Gasteiger partial charge in [-0.15, -0.1) is 0 Å². The molecule has 0 aromatic heterocycles. The number of hydrogen-bond donors (Lipinski definition) is 1. The molecule has 1 aliphatic carbocycles. The SMILES string of the molecule is C[C@@H](OC(C)(C)C)[C@H]1C(=O)N2[C@H](C(=O)O)COC2(C)N1C(=O)OCC1c2ccccc2-c2ccccc21. The lowest BCUT2D eigenvalue weighted by Crippen LogP contribution is -2.56. The van der Waals surface area contributed by atoms with Crippen molar-refractivity contribution in [3.63, 3.8) is 0 Å². The molecular weight excluding hydrogens is 476 g/mol. The standard InChI is InChI=1S/C28H32N2O7/c1-16(37-27(2,3)4)23-24(31)29-22(25(32)33)15-36-28(29,5)30(23)26(34)35-14-21-19-12-8-6-10-17(19)18-11-7-9-13-20(18)21/h6-13,16,21-23H,14-15H2,1-5H3,(H,32,33)/t16-,22+,23+,28?/m1/s1. The summed E-state index contributed by atoms with van der Waals surface area (Å²) in [6.45, 7) is 8.58. The van der Waals surface area contributed by atoms with E-state index in [0.717, 1.165) is 27.2 Å². The number of fused-ring (bicyclic) bond motifs is 4. The van der Waals surface area contributed by atoms with Crippen molar-refractivity contribution in [3.05, 3.63) is 59.7 Å². The summed E-state index contributed by atoms with van der Waals surface area (Å²) in [5.74, 6) is -3.52. The van der Waals surface area contributed by atoms with E-state index in [0.29, 0.717) is 0 Å². The lowest BCUT2D eigenvalue weighted by Gasteiger charge is -2.37. The van der Waals surface area contributed by atoms with Gasteiger partial charge in [0.2, 0.25) is 5.85 Å². The average molecular weight is 509 g/mol. The third-order valence-corrected chi connectivity index (χ3v) is 7.29. The van der Waals surface area contributed by atoms with Gasteiger partial charge in [0.15, 0.2) is 6.04 Å². The van der Waals surface area contributed by atoms with E-state index < -0.39 is 47.6 Å². The summed E-state index contributed by atoms with van der Waals surface area (Å²) in [7, 11) is 0. The van der Waals surface area contributed by atoms with Crippen molar-refractivity contribution in [1.29, 1.82) is 0 Å². The fraction of sp³-hybridized carbons (Fsp3) is 0.464. The first-order valence-electron chi connectivity index (χ1n) is 12.5. The molecule has 4 atom stereocenters. The van der Waals surface area contributed by atoms with Crippen molar-refractivity contribution < 1.29 is 33.7 Å². The molecular formula is C28H32N2O7. The van der Waals surface area contributed by atoms with Gasteiger partial charge in [0.1, 0.15) is 12.6 Å². The van der Waals surface area contributed by atoms with Crippen molar-refractivity contribution >= 4 is 18.0 Å². The molecule has 9 heteroatoms. The van der Waals surface area contributed by atoms with Crippen molar-refractivity contribution in [2.24, 2.45) is 0 Å². The van der Waals surface area contributed by atoms with Gasteiger partial charge in [-0.3, -0.25) is 9.69 Å². The summed E-state index contributed by atoms with van der Waals surface area (Å²) in [5.41, 5.74) is 3.72. The Kier molecular flexibility index (Phi) is 6.03. The first-order chi connectivity index (χ1) is 17.4. The van der Waals surface area contributed by atoms with Crippen LogP contribution in [0.25, 0.3) is 11.1 Å². The number of carbonyl (C=O) groups is 3. The number of carbonyl (C=O) groups excluding carboxylic acids is 2. The van der Waals surface area contributed by atoms with Crippen LogP contribution in [0.15, 0.2) is 48.5 Å². The van der Waals surface area contributed by atoms with Crippen molar-refractivity contribution in [2.75, 3.05) is 13.2 Å². The first-order valence-corrected chi connectivity index (χ1v) is 12.5. The van der Waals surface area contributed by atoms with Crippen LogP contribution in [0.3, 0.4) is 0 Å². The molecule has 5 rings (SSSR count). The predicted octanol–water partition coefficient (Wildman–Crippen LogP) is 3.81. The highest BCUT2D eigenvalue weighted by atomic mass is 16.6. The van der Waals surface area contributed by atoms with Crippen molar-refractivity contribution in [2.45, 2.75) is 70.2 Å². The molecule has 1 unspecified atom stereocenters. The van der Waals surface area contributed by atoms with E-state index in [-0.39, 0.29) is 19.1 Å². The van der Waals surface area contributed by atoms with E-state index in [1.807, 2.05) is 69.3 Å². The van der Waals surface area contributed by atoms with Gasteiger partial charge >= 0.3 is 12.1 Å². The second kappa shape index (κ2) is 8.85. The van der Waals surface area contributed by atoms with Crippen molar-refractivity contribution in [3.8, 4) is 11.1 Å². The van der Waals surface area contributed by atoms with Gasteiger partial charge in [0.05, 0.1) is 18.3 Å². The summed E-state index contributed by atoms with van der Waals surface area (Å²) in [4.78, 5) is 41.6. The van der Waals surface area contributed by atoms with Gasteiger partial charge in [-0.1, -0.05) is 48.5 Å². The molecule has 0 saturated carbocycles. The Bertz CT molecular complexity index is 1210. The van der Waals surface area contributed by atoms with Gasteiger partial charge < -0.3 is 19.3 Å². The Morgan fingerprint density at radius 3 is 2.22 bits per heavy atom. The van der Waals surface area contributed by atoms with Crippen LogP contribution in [0.5, 0.6) is 0 Å². The lowest BCUT2D eigenvalue weighted by atomic mass is 9.98. The number of hydrogen-bond acceptors (Lipinski definition) is 6. The molecule has 0 bridgehead atoms. The molecule has 2 fully saturated rings. The number of carboxylic acid groups (broad SMARTS) is 1. The van der Waals surface area contributed by atoms with E-state index in [4.69, 9.17) is 14.2 Å². The monoisotopic (exact) mass is 508 g/mol. The van der Waals surface area contributed by atoms with Gasteiger partial charge in [0, 0.05) is 12.8 Å². The summed E-state index contributed by atoms with van der Waals surface area (Å²) < 4.78 is 17.8. The second-order valence-electron chi connectivity index (χ2n) is 10.9.